The van der Waals surface area contributed by atoms with Gasteiger partial charge in [0.15, 0.2) is 5.82 Å². The Bertz CT molecular complexity index is 863. The largest absolute Gasteiger partial charge is 0.377 e. The molecule has 1 fully saturated rings. The predicted octanol–water partition coefficient (Wildman–Crippen LogP) is 3.23. The Balaban J connectivity index is 1.67. The van der Waals surface area contributed by atoms with Gasteiger partial charge in [0.25, 0.3) is 0 Å². The van der Waals surface area contributed by atoms with E-state index in [-0.39, 0.29) is 0 Å². The van der Waals surface area contributed by atoms with E-state index in [2.05, 4.69) is 32.8 Å². The van der Waals surface area contributed by atoms with E-state index in [1.54, 1.807) is 0 Å². The molecule has 1 aromatic carbocycles. The molecule has 1 aliphatic heterocycles. The molecule has 3 aromatic rings. The number of hydrogen-bond acceptors (Lipinski definition) is 5. The van der Waals surface area contributed by atoms with Crippen molar-refractivity contribution in [2.45, 2.75) is 19.9 Å². The number of fused-ring (bicyclic) bond motifs is 1. The topological polar surface area (TPSA) is 51.1 Å². The Kier molecular flexibility index (Phi) is 3.86. The Labute approximate surface area is 141 Å². The molecule has 0 unspecified atom stereocenters. The molecule has 0 N–H and O–H groups in total. The molecule has 1 saturated heterocycles. The minimum atomic E-state index is 0.344. The van der Waals surface area contributed by atoms with Crippen LogP contribution in [-0.2, 0) is 4.74 Å². The summed E-state index contributed by atoms with van der Waals surface area (Å²) >= 11 is 0. The number of ether oxygens (including phenoxy) is 1. The number of benzene rings is 1. The standard InChI is InChI=1S/C19H20N4O/c1-13-12-24-10-9-23(13)18-8-7-15(11-20-18)19-21-14(2)16-5-3-4-6-17(16)22-19/h3-8,11,13H,9-10,12H2,1-2H3/t13-/m1/s1. The second kappa shape index (κ2) is 6.17. The molecular formula is C19H20N4O. The second-order valence-electron chi connectivity index (χ2n) is 6.17. The fourth-order valence-corrected chi connectivity index (χ4v) is 3.12. The summed E-state index contributed by atoms with van der Waals surface area (Å²) in [6.07, 6.45) is 1.86. The first-order chi connectivity index (χ1) is 11.7. The van der Waals surface area contributed by atoms with Crippen LogP contribution in [0.3, 0.4) is 0 Å². The van der Waals surface area contributed by atoms with E-state index in [4.69, 9.17) is 4.74 Å². The highest BCUT2D eigenvalue weighted by Gasteiger charge is 2.20. The molecule has 0 aliphatic carbocycles. The van der Waals surface area contributed by atoms with E-state index in [0.717, 1.165) is 53.6 Å². The lowest BCUT2D eigenvalue weighted by atomic mass is 10.1. The summed E-state index contributed by atoms with van der Waals surface area (Å²) in [6.45, 7) is 6.55. The van der Waals surface area contributed by atoms with E-state index < -0.39 is 0 Å². The van der Waals surface area contributed by atoms with E-state index in [0.29, 0.717) is 6.04 Å². The lowest BCUT2D eigenvalue weighted by Crippen LogP contribution is -2.44. The van der Waals surface area contributed by atoms with Gasteiger partial charge in [0, 0.05) is 29.4 Å². The summed E-state index contributed by atoms with van der Waals surface area (Å²) in [6, 6.07) is 12.5. The van der Waals surface area contributed by atoms with Crippen LogP contribution in [0.4, 0.5) is 5.82 Å². The molecule has 0 amide bonds. The molecule has 1 atom stereocenters. The minimum absolute atomic E-state index is 0.344. The van der Waals surface area contributed by atoms with Crippen LogP contribution >= 0.6 is 0 Å². The van der Waals surface area contributed by atoms with Crippen molar-refractivity contribution in [1.82, 2.24) is 15.0 Å². The lowest BCUT2D eigenvalue weighted by molar-refractivity contribution is 0.0985. The number of aromatic nitrogens is 3. The van der Waals surface area contributed by atoms with Crippen molar-refractivity contribution in [3.05, 3.63) is 48.3 Å². The number of rotatable bonds is 2. The Morgan fingerprint density at radius 2 is 2.00 bits per heavy atom. The Morgan fingerprint density at radius 1 is 1.12 bits per heavy atom. The summed E-state index contributed by atoms with van der Waals surface area (Å²) in [4.78, 5) is 16.2. The van der Waals surface area contributed by atoms with Gasteiger partial charge in [-0.25, -0.2) is 15.0 Å². The van der Waals surface area contributed by atoms with Gasteiger partial charge < -0.3 is 9.64 Å². The average Bonchev–Trinajstić information content (AvgIpc) is 2.62. The van der Waals surface area contributed by atoms with Gasteiger partial charge in [-0.1, -0.05) is 18.2 Å². The fourth-order valence-electron chi connectivity index (χ4n) is 3.12. The molecule has 0 bridgehead atoms. The van der Waals surface area contributed by atoms with Gasteiger partial charge in [-0.05, 0) is 32.0 Å². The van der Waals surface area contributed by atoms with Crippen molar-refractivity contribution in [3.8, 4) is 11.4 Å². The first-order valence-corrected chi connectivity index (χ1v) is 8.26. The van der Waals surface area contributed by atoms with Crippen LogP contribution in [0, 0.1) is 6.92 Å². The SMILES string of the molecule is Cc1nc(-c2ccc(N3CCOC[C@H]3C)nc2)nc2ccccc12. The third-order valence-electron chi connectivity index (χ3n) is 4.46. The number of para-hydroxylation sites is 1. The van der Waals surface area contributed by atoms with Crippen molar-refractivity contribution in [2.24, 2.45) is 0 Å². The van der Waals surface area contributed by atoms with Crippen LogP contribution in [0.1, 0.15) is 12.6 Å². The number of nitrogens with zero attached hydrogens (tertiary/aromatic N) is 4. The van der Waals surface area contributed by atoms with E-state index in [1.165, 1.54) is 0 Å². The molecule has 2 aromatic heterocycles. The highest BCUT2D eigenvalue weighted by Crippen LogP contribution is 2.23. The third-order valence-corrected chi connectivity index (χ3v) is 4.46. The molecule has 5 heteroatoms. The molecule has 24 heavy (non-hydrogen) atoms. The van der Waals surface area contributed by atoms with Crippen molar-refractivity contribution in [3.63, 3.8) is 0 Å². The molecule has 5 nitrogen and oxygen atoms in total. The van der Waals surface area contributed by atoms with Crippen molar-refractivity contribution < 1.29 is 4.74 Å². The second-order valence-corrected chi connectivity index (χ2v) is 6.17. The monoisotopic (exact) mass is 320 g/mol. The zero-order chi connectivity index (χ0) is 16.5. The number of pyridine rings is 1. The van der Waals surface area contributed by atoms with Crippen molar-refractivity contribution in [2.75, 3.05) is 24.7 Å². The molecule has 1 aliphatic rings. The maximum absolute atomic E-state index is 5.49. The van der Waals surface area contributed by atoms with E-state index in [1.807, 2.05) is 43.5 Å². The number of anilines is 1. The van der Waals surface area contributed by atoms with Gasteiger partial charge in [0.2, 0.25) is 0 Å². The number of morpholine rings is 1. The molecule has 4 rings (SSSR count). The Morgan fingerprint density at radius 3 is 2.79 bits per heavy atom. The zero-order valence-electron chi connectivity index (χ0n) is 13.9. The van der Waals surface area contributed by atoms with Gasteiger partial charge in [-0.3, -0.25) is 0 Å². The van der Waals surface area contributed by atoms with E-state index in [9.17, 15) is 0 Å². The van der Waals surface area contributed by atoms with Gasteiger partial charge in [0.1, 0.15) is 5.82 Å². The van der Waals surface area contributed by atoms with Crippen LogP contribution < -0.4 is 4.90 Å². The van der Waals surface area contributed by atoms with E-state index >= 15 is 0 Å². The summed E-state index contributed by atoms with van der Waals surface area (Å²) in [7, 11) is 0. The normalized spacial score (nSPS) is 18.1. The molecule has 122 valence electrons. The summed E-state index contributed by atoms with van der Waals surface area (Å²) in [5.74, 6) is 1.70. The number of aryl methyl sites for hydroxylation is 1. The third kappa shape index (κ3) is 2.71. The van der Waals surface area contributed by atoms with Gasteiger partial charge in [0.05, 0.1) is 24.8 Å². The quantitative estimate of drug-likeness (QED) is 0.725. The summed E-state index contributed by atoms with van der Waals surface area (Å²) in [5, 5.41) is 1.09. The predicted molar refractivity (Wildman–Crippen MR) is 95.1 cm³/mol. The zero-order valence-corrected chi connectivity index (χ0v) is 13.9. The van der Waals surface area contributed by atoms with Crippen molar-refractivity contribution >= 4 is 16.7 Å². The maximum Gasteiger partial charge on any atom is 0.161 e. The molecule has 0 saturated carbocycles. The van der Waals surface area contributed by atoms with Gasteiger partial charge in [-0.2, -0.15) is 0 Å². The van der Waals surface area contributed by atoms with Crippen molar-refractivity contribution in [1.29, 1.82) is 0 Å². The molecule has 0 spiro atoms. The number of hydrogen-bond donors (Lipinski definition) is 0. The highest BCUT2D eigenvalue weighted by molar-refractivity contribution is 5.82. The van der Waals surface area contributed by atoms with Crippen LogP contribution in [0.5, 0.6) is 0 Å². The Hall–Kier alpha value is -2.53. The maximum atomic E-state index is 5.49. The first-order valence-electron chi connectivity index (χ1n) is 8.26. The smallest absolute Gasteiger partial charge is 0.161 e. The van der Waals surface area contributed by atoms with Crippen LogP contribution in [0.15, 0.2) is 42.6 Å². The van der Waals surface area contributed by atoms with Crippen LogP contribution in [-0.4, -0.2) is 40.8 Å². The average molecular weight is 320 g/mol. The van der Waals surface area contributed by atoms with Crippen LogP contribution in [0.25, 0.3) is 22.3 Å². The summed E-state index contributed by atoms with van der Waals surface area (Å²) < 4.78 is 5.49. The van der Waals surface area contributed by atoms with Gasteiger partial charge in [-0.15, -0.1) is 0 Å². The minimum Gasteiger partial charge on any atom is -0.377 e. The van der Waals surface area contributed by atoms with Gasteiger partial charge >= 0.3 is 0 Å². The molecule has 0 radical (unpaired) electrons. The highest BCUT2D eigenvalue weighted by atomic mass is 16.5. The molecular weight excluding hydrogens is 300 g/mol. The summed E-state index contributed by atoms with van der Waals surface area (Å²) in [5.41, 5.74) is 2.89. The molecule has 3 heterocycles. The lowest BCUT2D eigenvalue weighted by Gasteiger charge is -2.34. The fraction of sp³-hybridized carbons (Fsp3) is 0.316. The van der Waals surface area contributed by atoms with Crippen LogP contribution in [0.2, 0.25) is 0 Å². The first kappa shape index (κ1) is 15.0.